The van der Waals surface area contributed by atoms with Crippen LogP contribution in [0.3, 0.4) is 0 Å². The Labute approximate surface area is 243 Å². The van der Waals surface area contributed by atoms with Gasteiger partial charge in [-0.3, -0.25) is 9.69 Å². The molecule has 6 nitrogen and oxygen atoms in total. The van der Waals surface area contributed by atoms with E-state index in [1.165, 1.54) is 11.6 Å². The molecule has 4 aromatic rings. The second-order valence-electron chi connectivity index (χ2n) is 10.7. The number of fused-ring (bicyclic) bond motifs is 1. The largest absolute Gasteiger partial charge is 0.368 e. The summed E-state index contributed by atoms with van der Waals surface area (Å²) in [7, 11) is 0. The minimum Gasteiger partial charge on any atom is -0.368 e. The quantitative estimate of drug-likeness (QED) is 0.277. The fraction of sp³-hybridized carbons (Fsp3) is 0.355. The number of nitrogens with zero attached hydrogens (tertiary/aromatic N) is 5. The lowest BCUT2D eigenvalue weighted by molar-refractivity contribution is -0.137. The molecule has 0 aliphatic carbocycles. The van der Waals surface area contributed by atoms with E-state index in [1.807, 2.05) is 29.2 Å². The number of hydrogen-bond acceptors (Lipinski definition) is 4. The molecule has 0 saturated carbocycles. The van der Waals surface area contributed by atoms with E-state index in [2.05, 4.69) is 38.6 Å². The third-order valence-corrected chi connectivity index (χ3v) is 8.61. The highest BCUT2D eigenvalue weighted by Gasteiger charge is 2.32. The molecule has 2 aliphatic rings. The van der Waals surface area contributed by atoms with Gasteiger partial charge in [-0.1, -0.05) is 47.5 Å². The Morgan fingerprint density at radius 1 is 0.925 bits per heavy atom. The molecule has 2 saturated heterocycles. The van der Waals surface area contributed by atoms with Crippen molar-refractivity contribution >= 4 is 45.8 Å². The third-order valence-electron chi connectivity index (χ3n) is 8.07. The van der Waals surface area contributed by atoms with Crippen LogP contribution in [0, 0.1) is 11.7 Å². The highest BCUT2D eigenvalue weighted by Crippen LogP contribution is 2.26. The lowest BCUT2D eigenvalue weighted by Crippen LogP contribution is -2.52. The van der Waals surface area contributed by atoms with Crippen molar-refractivity contribution in [3.05, 3.63) is 94.0 Å². The Bertz CT molecular complexity index is 1500. The summed E-state index contributed by atoms with van der Waals surface area (Å²) >= 11 is 12.1. The number of rotatable bonds is 6. The summed E-state index contributed by atoms with van der Waals surface area (Å²) in [4.78, 5) is 25.1. The van der Waals surface area contributed by atoms with Crippen LogP contribution in [0.15, 0.2) is 66.7 Å². The maximum Gasteiger partial charge on any atom is 0.227 e. The van der Waals surface area contributed by atoms with E-state index in [-0.39, 0.29) is 16.8 Å². The van der Waals surface area contributed by atoms with Gasteiger partial charge < -0.3 is 14.4 Å². The number of imidazole rings is 1. The van der Waals surface area contributed by atoms with Crippen molar-refractivity contribution in [2.45, 2.75) is 25.9 Å². The van der Waals surface area contributed by atoms with Gasteiger partial charge in [-0.25, -0.2) is 9.37 Å². The highest BCUT2D eigenvalue weighted by atomic mass is 35.5. The molecule has 1 amide bonds. The number of carbonyl (C=O) groups is 1. The molecule has 208 valence electrons. The molecule has 3 aromatic carbocycles. The lowest BCUT2D eigenvalue weighted by Gasteiger charge is -2.39. The molecule has 0 radical (unpaired) electrons. The molecular formula is C31H32Cl2FN5O. The Morgan fingerprint density at radius 3 is 2.48 bits per heavy atom. The van der Waals surface area contributed by atoms with Gasteiger partial charge in [-0.15, -0.1) is 0 Å². The van der Waals surface area contributed by atoms with E-state index in [0.29, 0.717) is 39.3 Å². The average Bonchev–Trinajstić information content (AvgIpc) is 3.32. The number of hydrogen-bond donors (Lipinski definition) is 0. The van der Waals surface area contributed by atoms with Gasteiger partial charge >= 0.3 is 0 Å². The normalized spacial score (nSPS) is 18.4. The first-order valence-corrected chi connectivity index (χ1v) is 14.6. The van der Waals surface area contributed by atoms with Crippen molar-refractivity contribution in [1.82, 2.24) is 19.4 Å². The summed E-state index contributed by atoms with van der Waals surface area (Å²) in [6.07, 6.45) is 1.90. The van der Waals surface area contributed by atoms with Crippen molar-refractivity contribution in [2.24, 2.45) is 5.92 Å². The smallest absolute Gasteiger partial charge is 0.227 e. The Hall–Kier alpha value is -3.13. The third kappa shape index (κ3) is 5.82. The molecule has 0 spiro atoms. The van der Waals surface area contributed by atoms with Crippen LogP contribution in [0.2, 0.25) is 10.0 Å². The zero-order valence-electron chi connectivity index (χ0n) is 22.3. The minimum atomic E-state index is -0.415. The van der Waals surface area contributed by atoms with Crippen LogP contribution < -0.4 is 4.90 Å². The van der Waals surface area contributed by atoms with Gasteiger partial charge in [-0.2, -0.15) is 0 Å². The fourth-order valence-electron chi connectivity index (χ4n) is 5.92. The van der Waals surface area contributed by atoms with E-state index in [1.54, 1.807) is 12.1 Å². The van der Waals surface area contributed by atoms with Crippen molar-refractivity contribution in [1.29, 1.82) is 0 Å². The zero-order chi connectivity index (χ0) is 27.6. The SMILES string of the molecule is O=C([C@H]1CCCN(Cc2nc3ccccc3n2Cc2ccc(Cl)cc2)C1)N1CCN(c2ccc(F)c(Cl)c2)CC1. The number of benzene rings is 3. The summed E-state index contributed by atoms with van der Waals surface area (Å²) in [5.74, 6) is 0.809. The van der Waals surface area contributed by atoms with Crippen LogP contribution in [-0.4, -0.2) is 64.5 Å². The Kier molecular flexibility index (Phi) is 7.96. The predicted octanol–water partition coefficient (Wildman–Crippen LogP) is 6.09. The summed E-state index contributed by atoms with van der Waals surface area (Å²) in [6.45, 7) is 5.82. The standard InChI is InChI=1S/C31H32Cl2FN5O/c32-24-9-7-22(8-10-24)19-39-29-6-2-1-5-28(29)35-30(39)21-36-13-3-4-23(20-36)31(40)38-16-14-37(15-17-38)25-11-12-27(34)26(33)18-25/h1-2,5-12,18,23H,3-4,13-17,19-21H2/t23-/m0/s1. The maximum atomic E-state index is 13.6. The first kappa shape index (κ1) is 27.1. The number of carbonyl (C=O) groups excluding carboxylic acids is 1. The van der Waals surface area contributed by atoms with Crippen molar-refractivity contribution < 1.29 is 9.18 Å². The minimum absolute atomic E-state index is 0.0188. The zero-order valence-corrected chi connectivity index (χ0v) is 23.8. The number of halogens is 3. The van der Waals surface area contributed by atoms with E-state index in [0.717, 1.165) is 53.5 Å². The van der Waals surface area contributed by atoms with Crippen LogP contribution in [0.25, 0.3) is 11.0 Å². The molecule has 2 aliphatic heterocycles. The van der Waals surface area contributed by atoms with Gasteiger partial charge in [0.15, 0.2) is 0 Å². The summed E-state index contributed by atoms with van der Waals surface area (Å²) < 4.78 is 15.9. The van der Waals surface area contributed by atoms with Gasteiger partial charge in [0.2, 0.25) is 5.91 Å². The molecular weight excluding hydrogens is 548 g/mol. The van der Waals surface area contributed by atoms with Crippen LogP contribution in [-0.2, 0) is 17.9 Å². The number of anilines is 1. The maximum absolute atomic E-state index is 13.6. The van der Waals surface area contributed by atoms with Gasteiger partial charge in [-0.05, 0) is 67.4 Å². The molecule has 1 atom stereocenters. The highest BCUT2D eigenvalue weighted by molar-refractivity contribution is 6.31. The molecule has 40 heavy (non-hydrogen) atoms. The number of likely N-dealkylation sites (tertiary alicyclic amines) is 1. The lowest BCUT2D eigenvalue weighted by atomic mass is 9.96. The molecule has 6 rings (SSSR count). The Morgan fingerprint density at radius 2 is 1.70 bits per heavy atom. The summed E-state index contributed by atoms with van der Waals surface area (Å²) in [5, 5.41) is 0.852. The van der Waals surface area contributed by atoms with Gasteiger partial charge in [0.25, 0.3) is 0 Å². The van der Waals surface area contributed by atoms with Gasteiger partial charge in [0.05, 0.1) is 28.5 Å². The number of para-hydroxylation sites is 2. The van der Waals surface area contributed by atoms with E-state index >= 15 is 0 Å². The number of piperazine rings is 1. The number of aromatic nitrogens is 2. The van der Waals surface area contributed by atoms with E-state index in [4.69, 9.17) is 28.2 Å². The van der Waals surface area contributed by atoms with Gasteiger partial charge in [0.1, 0.15) is 11.6 Å². The van der Waals surface area contributed by atoms with Crippen molar-refractivity contribution in [3.8, 4) is 0 Å². The van der Waals surface area contributed by atoms with E-state index in [9.17, 15) is 9.18 Å². The molecule has 9 heteroatoms. The van der Waals surface area contributed by atoms with E-state index < -0.39 is 5.82 Å². The number of amides is 1. The molecule has 3 heterocycles. The van der Waals surface area contributed by atoms with Crippen molar-refractivity contribution in [2.75, 3.05) is 44.2 Å². The first-order valence-electron chi connectivity index (χ1n) is 13.8. The predicted molar refractivity (Wildman–Crippen MR) is 158 cm³/mol. The molecule has 0 N–H and O–H groups in total. The molecule has 2 fully saturated rings. The molecule has 0 bridgehead atoms. The second-order valence-corrected chi connectivity index (χ2v) is 11.6. The second kappa shape index (κ2) is 11.8. The van der Waals surface area contributed by atoms with Gasteiger partial charge in [0, 0.05) is 50.0 Å². The van der Waals surface area contributed by atoms with Crippen molar-refractivity contribution in [3.63, 3.8) is 0 Å². The van der Waals surface area contributed by atoms with Crippen LogP contribution in [0.1, 0.15) is 24.2 Å². The fourth-order valence-corrected chi connectivity index (χ4v) is 6.22. The summed E-state index contributed by atoms with van der Waals surface area (Å²) in [6, 6.07) is 21.0. The number of piperidine rings is 1. The van der Waals surface area contributed by atoms with Crippen LogP contribution in [0.4, 0.5) is 10.1 Å². The summed E-state index contributed by atoms with van der Waals surface area (Å²) in [5.41, 5.74) is 4.15. The molecule has 1 aromatic heterocycles. The first-order chi connectivity index (χ1) is 19.4. The topological polar surface area (TPSA) is 44.6 Å². The Balaban J connectivity index is 1.11. The average molecular weight is 581 g/mol. The van der Waals surface area contributed by atoms with Crippen LogP contribution in [0.5, 0.6) is 0 Å². The van der Waals surface area contributed by atoms with Crippen LogP contribution >= 0.6 is 23.2 Å². The monoisotopic (exact) mass is 579 g/mol. The molecule has 0 unspecified atom stereocenters.